The zero-order chi connectivity index (χ0) is 14.7. The minimum absolute atomic E-state index is 0.242. The van der Waals surface area contributed by atoms with Crippen LogP contribution in [0.25, 0.3) is 0 Å². The summed E-state index contributed by atoms with van der Waals surface area (Å²) in [6.45, 7) is 3.36. The largest absolute Gasteiger partial charge is 0.481 e. The quantitative estimate of drug-likeness (QED) is 0.669. The second-order valence-electron chi connectivity index (χ2n) is 3.91. The number of hydrogen-bond donors (Lipinski definition) is 1. The van der Waals surface area contributed by atoms with Crippen molar-refractivity contribution in [2.45, 2.75) is 26.9 Å². The molecule has 1 N–H and O–H groups in total. The Kier molecular flexibility index (Phi) is 8.55. The number of terminal acetylenes is 1. The van der Waals surface area contributed by atoms with Crippen molar-refractivity contribution >= 4 is 11.9 Å². The van der Waals surface area contributed by atoms with Gasteiger partial charge < -0.3 is 9.84 Å². The summed E-state index contributed by atoms with van der Waals surface area (Å²) in [6, 6.07) is 9.60. The summed E-state index contributed by atoms with van der Waals surface area (Å²) < 4.78 is 4.79. The molecule has 0 bridgehead atoms. The Morgan fingerprint density at radius 2 is 1.95 bits per heavy atom. The first-order valence-corrected chi connectivity index (χ1v) is 5.81. The second-order valence-corrected chi connectivity index (χ2v) is 3.91. The molecule has 0 unspecified atom stereocenters. The van der Waals surface area contributed by atoms with E-state index in [-0.39, 0.29) is 5.97 Å². The van der Waals surface area contributed by atoms with Gasteiger partial charge in [-0.15, -0.1) is 12.3 Å². The summed E-state index contributed by atoms with van der Waals surface area (Å²) in [7, 11) is 0. The van der Waals surface area contributed by atoms with Crippen molar-refractivity contribution in [3.05, 3.63) is 35.9 Å². The maximum atomic E-state index is 10.4. The van der Waals surface area contributed by atoms with E-state index in [9.17, 15) is 9.59 Å². The van der Waals surface area contributed by atoms with Gasteiger partial charge >= 0.3 is 11.9 Å². The van der Waals surface area contributed by atoms with Crippen LogP contribution in [0.1, 0.15) is 25.8 Å². The van der Waals surface area contributed by atoms with Gasteiger partial charge in [0, 0.05) is 13.3 Å². The van der Waals surface area contributed by atoms with Crippen LogP contribution in [0.4, 0.5) is 0 Å². The summed E-state index contributed by atoms with van der Waals surface area (Å²) in [5.74, 6) is 0.793. The summed E-state index contributed by atoms with van der Waals surface area (Å²) in [4.78, 5) is 20.4. The zero-order valence-electron chi connectivity index (χ0n) is 11.1. The molecule has 0 aromatic heterocycles. The molecule has 1 rings (SSSR count). The fraction of sp³-hybridized carbons (Fsp3) is 0.333. The number of aliphatic carboxylic acids is 1. The molecule has 1 atom stereocenters. The van der Waals surface area contributed by atoms with Gasteiger partial charge in [-0.1, -0.05) is 37.3 Å². The van der Waals surface area contributed by atoms with Crippen LogP contribution in [0.2, 0.25) is 0 Å². The van der Waals surface area contributed by atoms with Crippen LogP contribution in [0, 0.1) is 18.3 Å². The van der Waals surface area contributed by atoms with Crippen LogP contribution in [-0.4, -0.2) is 17.0 Å². The van der Waals surface area contributed by atoms with Gasteiger partial charge in [0.15, 0.2) is 0 Å². The Morgan fingerprint density at radius 1 is 1.37 bits per heavy atom. The maximum absolute atomic E-state index is 10.4. The molecule has 1 aromatic carbocycles. The van der Waals surface area contributed by atoms with E-state index in [1.54, 1.807) is 6.92 Å². The molecule has 0 radical (unpaired) electrons. The molecular formula is C15H18O4. The molecule has 0 aliphatic carbocycles. The van der Waals surface area contributed by atoms with E-state index in [0.29, 0.717) is 13.0 Å². The number of hydrogen-bond acceptors (Lipinski definition) is 3. The molecule has 0 fully saturated rings. The molecule has 0 saturated carbocycles. The second kappa shape index (κ2) is 9.72. The smallest absolute Gasteiger partial charge is 0.307 e. The van der Waals surface area contributed by atoms with Crippen molar-refractivity contribution in [3.8, 4) is 12.3 Å². The first kappa shape index (κ1) is 16.7. The van der Waals surface area contributed by atoms with Crippen molar-refractivity contribution in [2.75, 3.05) is 0 Å². The molecule has 0 aliphatic heterocycles. The number of esters is 1. The molecule has 0 aliphatic rings. The van der Waals surface area contributed by atoms with Crippen LogP contribution in [0.3, 0.4) is 0 Å². The van der Waals surface area contributed by atoms with E-state index in [1.807, 2.05) is 30.3 Å². The minimum atomic E-state index is -0.831. The average Bonchev–Trinajstić information content (AvgIpc) is 2.38. The lowest BCUT2D eigenvalue weighted by Crippen LogP contribution is -2.07. The summed E-state index contributed by atoms with van der Waals surface area (Å²) in [5, 5.41) is 8.22. The number of carbonyl (C=O) groups excluding carboxylic acids is 1. The van der Waals surface area contributed by atoms with Crippen LogP contribution >= 0.6 is 0 Å². The highest BCUT2D eigenvalue weighted by Crippen LogP contribution is 2.00. The lowest BCUT2D eigenvalue weighted by molar-refractivity contribution is -0.142. The lowest BCUT2D eigenvalue weighted by atomic mass is 10.1. The van der Waals surface area contributed by atoms with Crippen LogP contribution in [0.15, 0.2) is 30.3 Å². The molecule has 0 saturated heterocycles. The lowest BCUT2D eigenvalue weighted by Gasteiger charge is -1.99. The van der Waals surface area contributed by atoms with Gasteiger partial charge in [0.1, 0.15) is 6.61 Å². The van der Waals surface area contributed by atoms with Crippen molar-refractivity contribution in [2.24, 2.45) is 5.92 Å². The number of rotatable bonds is 4. The highest BCUT2D eigenvalue weighted by molar-refractivity contribution is 5.69. The van der Waals surface area contributed by atoms with E-state index in [2.05, 4.69) is 5.92 Å². The third-order valence-electron chi connectivity index (χ3n) is 2.13. The maximum Gasteiger partial charge on any atom is 0.307 e. The summed E-state index contributed by atoms with van der Waals surface area (Å²) in [5.41, 5.74) is 1.02. The molecule has 0 spiro atoms. The van der Waals surface area contributed by atoms with Gasteiger partial charge in [0.05, 0.1) is 5.92 Å². The van der Waals surface area contributed by atoms with Crippen molar-refractivity contribution in [1.82, 2.24) is 0 Å². The fourth-order valence-corrected chi connectivity index (χ4v) is 1.02. The zero-order valence-corrected chi connectivity index (χ0v) is 11.1. The number of benzene rings is 1. The average molecular weight is 262 g/mol. The van der Waals surface area contributed by atoms with Crippen LogP contribution in [-0.2, 0) is 20.9 Å². The van der Waals surface area contributed by atoms with E-state index in [1.165, 1.54) is 6.92 Å². The van der Waals surface area contributed by atoms with Crippen LogP contribution in [0.5, 0.6) is 0 Å². The SMILES string of the molecule is C#CC[C@H](C)C(=O)O.CC(=O)OCc1ccccc1. The Hall–Kier alpha value is -2.28. The Balaban J connectivity index is 0.000000362. The fourth-order valence-electron chi connectivity index (χ4n) is 1.02. The van der Waals surface area contributed by atoms with Gasteiger partial charge in [-0.2, -0.15) is 0 Å². The van der Waals surface area contributed by atoms with E-state index in [0.717, 1.165) is 5.56 Å². The van der Waals surface area contributed by atoms with Gasteiger partial charge in [0.25, 0.3) is 0 Å². The first-order chi connectivity index (χ1) is 8.97. The molecule has 0 amide bonds. The Labute approximate surface area is 113 Å². The van der Waals surface area contributed by atoms with Gasteiger partial charge in [-0.05, 0) is 5.56 Å². The predicted octanol–water partition coefficient (Wildman–Crippen LogP) is 2.48. The first-order valence-electron chi connectivity index (χ1n) is 5.81. The number of carbonyl (C=O) groups is 2. The van der Waals surface area contributed by atoms with Crippen molar-refractivity contribution < 1.29 is 19.4 Å². The molecule has 1 aromatic rings. The highest BCUT2D eigenvalue weighted by atomic mass is 16.5. The van der Waals surface area contributed by atoms with Gasteiger partial charge in [-0.3, -0.25) is 9.59 Å². The third-order valence-corrected chi connectivity index (χ3v) is 2.13. The van der Waals surface area contributed by atoms with E-state index in [4.69, 9.17) is 16.3 Å². The molecule has 0 heterocycles. The van der Waals surface area contributed by atoms with E-state index >= 15 is 0 Å². The molecular weight excluding hydrogens is 244 g/mol. The topological polar surface area (TPSA) is 63.6 Å². The molecule has 4 heteroatoms. The van der Waals surface area contributed by atoms with E-state index < -0.39 is 11.9 Å². The normalized spacial score (nSPS) is 10.4. The van der Waals surface area contributed by atoms with Crippen molar-refractivity contribution in [3.63, 3.8) is 0 Å². The predicted molar refractivity (Wildman–Crippen MR) is 72.2 cm³/mol. The molecule has 19 heavy (non-hydrogen) atoms. The highest BCUT2D eigenvalue weighted by Gasteiger charge is 2.06. The Morgan fingerprint density at radius 3 is 2.32 bits per heavy atom. The minimum Gasteiger partial charge on any atom is -0.481 e. The molecule has 102 valence electrons. The summed E-state index contributed by atoms with van der Waals surface area (Å²) in [6.07, 6.45) is 5.17. The standard InChI is InChI=1S/C9H10O2.C6H8O2/c1-8(10)11-7-9-5-3-2-4-6-9;1-3-4-5(2)6(7)8/h2-6H,7H2,1H3;1,5H,4H2,2H3,(H,7,8)/t;5-/m.0/s1. The third kappa shape index (κ3) is 9.42. The Bertz CT molecular complexity index is 431. The number of ether oxygens (including phenoxy) is 1. The summed E-state index contributed by atoms with van der Waals surface area (Å²) >= 11 is 0. The van der Waals surface area contributed by atoms with Gasteiger partial charge in [-0.25, -0.2) is 0 Å². The number of carboxylic acid groups (broad SMARTS) is 1. The van der Waals surface area contributed by atoms with Gasteiger partial charge in [0.2, 0.25) is 0 Å². The monoisotopic (exact) mass is 262 g/mol. The van der Waals surface area contributed by atoms with Crippen LogP contribution < -0.4 is 0 Å². The molecule has 4 nitrogen and oxygen atoms in total. The number of carboxylic acids is 1. The van der Waals surface area contributed by atoms with Crippen molar-refractivity contribution in [1.29, 1.82) is 0 Å².